The molecule has 3 aromatic carbocycles. The molecule has 1 fully saturated rings. The third kappa shape index (κ3) is 6.25. The third-order valence-corrected chi connectivity index (χ3v) is 8.05. The SMILES string of the molecule is Cc1[nH]c(-c2ccccc2)nc1C(C(C)C)N1CCN(CCCC(c2ccccc2)c2ccccc2)CC1. The molecular weight excluding hydrogens is 464 g/mol. The van der Waals surface area contributed by atoms with Crippen molar-refractivity contribution in [3.05, 3.63) is 114 Å². The van der Waals surface area contributed by atoms with Crippen LogP contribution in [0, 0.1) is 12.8 Å². The maximum absolute atomic E-state index is 5.11. The lowest BCUT2D eigenvalue weighted by atomic mass is 9.87. The molecular formula is C34H42N4. The van der Waals surface area contributed by atoms with Crippen LogP contribution in [0.3, 0.4) is 0 Å². The normalized spacial score (nSPS) is 15.8. The van der Waals surface area contributed by atoms with Crippen molar-refractivity contribution in [3.8, 4) is 11.4 Å². The molecule has 0 saturated carbocycles. The van der Waals surface area contributed by atoms with Crippen molar-refractivity contribution < 1.29 is 0 Å². The Morgan fingerprint density at radius 2 is 1.32 bits per heavy atom. The second kappa shape index (κ2) is 12.6. The molecule has 1 N–H and O–H groups in total. The minimum Gasteiger partial charge on any atom is -0.342 e. The van der Waals surface area contributed by atoms with E-state index in [1.54, 1.807) is 0 Å². The van der Waals surface area contributed by atoms with Crippen molar-refractivity contribution in [1.82, 2.24) is 19.8 Å². The Hall–Kier alpha value is -3.21. The molecule has 4 aromatic rings. The number of H-pyrrole nitrogens is 1. The van der Waals surface area contributed by atoms with E-state index in [1.807, 2.05) is 0 Å². The Morgan fingerprint density at radius 1 is 0.763 bits per heavy atom. The highest BCUT2D eigenvalue weighted by atomic mass is 15.3. The van der Waals surface area contributed by atoms with E-state index >= 15 is 0 Å². The van der Waals surface area contributed by atoms with E-state index in [4.69, 9.17) is 4.98 Å². The van der Waals surface area contributed by atoms with E-state index in [-0.39, 0.29) is 0 Å². The van der Waals surface area contributed by atoms with Crippen molar-refractivity contribution >= 4 is 0 Å². The van der Waals surface area contributed by atoms with Crippen LogP contribution in [-0.2, 0) is 0 Å². The zero-order valence-corrected chi connectivity index (χ0v) is 23.2. The molecule has 5 rings (SSSR count). The quantitative estimate of drug-likeness (QED) is 0.245. The van der Waals surface area contributed by atoms with E-state index in [0.29, 0.717) is 17.9 Å². The van der Waals surface area contributed by atoms with Gasteiger partial charge in [-0.15, -0.1) is 0 Å². The highest BCUT2D eigenvalue weighted by Gasteiger charge is 2.30. The number of nitrogens with one attached hydrogen (secondary N) is 1. The van der Waals surface area contributed by atoms with Gasteiger partial charge < -0.3 is 9.88 Å². The fourth-order valence-electron chi connectivity index (χ4n) is 6.09. The monoisotopic (exact) mass is 506 g/mol. The molecule has 198 valence electrons. The molecule has 2 heterocycles. The summed E-state index contributed by atoms with van der Waals surface area (Å²) in [6.07, 6.45) is 2.39. The molecule has 1 aliphatic heterocycles. The van der Waals surface area contributed by atoms with Crippen LogP contribution in [0.15, 0.2) is 91.0 Å². The van der Waals surface area contributed by atoms with Crippen LogP contribution in [0.25, 0.3) is 11.4 Å². The average molecular weight is 507 g/mol. The predicted molar refractivity (Wildman–Crippen MR) is 158 cm³/mol. The lowest BCUT2D eigenvalue weighted by Crippen LogP contribution is -2.49. The number of benzene rings is 3. The van der Waals surface area contributed by atoms with Crippen molar-refractivity contribution in [2.24, 2.45) is 5.92 Å². The number of hydrogen-bond acceptors (Lipinski definition) is 3. The summed E-state index contributed by atoms with van der Waals surface area (Å²) in [5.41, 5.74) is 6.40. The van der Waals surface area contributed by atoms with E-state index < -0.39 is 0 Å². The molecule has 1 aliphatic rings. The van der Waals surface area contributed by atoms with Crippen LogP contribution in [-0.4, -0.2) is 52.5 Å². The lowest BCUT2D eigenvalue weighted by Gasteiger charge is -2.40. The topological polar surface area (TPSA) is 35.2 Å². The number of hydrogen-bond donors (Lipinski definition) is 1. The summed E-state index contributed by atoms with van der Waals surface area (Å²) in [5, 5.41) is 0. The minimum absolute atomic E-state index is 0.339. The number of aromatic nitrogens is 2. The first-order valence-electron chi connectivity index (χ1n) is 14.3. The fourth-order valence-corrected chi connectivity index (χ4v) is 6.09. The van der Waals surface area contributed by atoms with Gasteiger partial charge in [-0.05, 0) is 43.4 Å². The Bertz CT molecular complexity index is 1200. The second-order valence-corrected chi connectivity index (χ2v) is 11.0. The highest BCUT2D eigenvalue weighted by molar-refractivity contribution is 5.55. The van der Waals surface area contributed by atoms with E-state index in [0.717, 1.165) is 44.1 Å². The molecule has 1 unspecified atom stereocenters. The Kier molecular flexibility index (Phi) is 8.72. The summed E-state index contributed by atoms with van der Waals surface area (Å²) in [4.78, 5) is 14.0. The van der Waals surface area contributed by atoms with Gasteiger partial charge in [-0.2, -0.15) is 0 Å². The van der Waals surface area contributed by atoms with Crippen LogP contribution < -0.4 is 0 Å². The molecule has 1 atom stereocenters. The standard InChI is InChI=1S/C34H42N4/c1-26(2)33(32-27(3)35-34(36-32)30-18-11-6-12-19-30)38-24-22-37(23-25-38)21-13-20-31(28-14-7-4-8-15-28)29-16-9-5-10-17-29/h4-12,14-19,26,31,33H,13,20-25H2,1-3H3,(H,35,36). The van der Waals surface area contributed by atoms with Crippen LogP contribution in [0.1, 0.15) is 61.2 Å². The number of rotatable bonds is 10. The van der Waals surface area contributed by atoms with Crippen molar-refractivity contribution in [1.29, 1.82) is 0 Å². The fraction of sp³-hybridized carbons (Fsp3) is 0.382. The van der Waals surface area contributed by atoms with E-state index in [1.165, 1.54) is 35.4 Å². The summed E-state index contributed by atoms with van der Waals surface area (Å²) in [7, 11) is 0. The number of imidazole rings is 1. The number of nitrogens with zero attached hydrogens (tertiary/aromatic N) is 3. The van der Waals surface area contributed by atoms with Crippen LogP contribution in [0.2, 0.25) is 0 Å². The Morgan fingerprint density at radius 3 is 1.87 bits per heavy atom. The summed E-state index contributed by atoms with van der Waals surface area (Å²) in [5.74, 6) is 1.95. The molecule has 0 spiro atoms. The predicted octanol–water partition coefficient (Wildman–Crippen LogP) is 7.31. The maximum Gasteiger partial charge on any atom is 0.137 e. The van der Waals surface area contributed by atoms with Crippen LogP contribution >= 0.6 is 0 Å². The van der Waals surface area contributed by atoms with Gasteiger partial charge in [0.15, 0.2) is 0 Å². The first-order chi connectivity index (χ1) is 18.6. The Balaban J connectivity index is 1.19. The van der Waals surface area contributed by atoms with Crippen molar-refractivity contribution in [2.75, 3.05) is 32.7 Å². The smallest absolute Gasteiger partial charge is 0.137 e. The number of aromatic amines is 1. The zero-order chi connectivity index (χ0) is 26.3. The van der Waals surface area contributed by atoms with Gasteiger partial charge in [-0.1, -0.05) is 105 Å². The minimum atomic E-state index is 0.339. The van der Waals surface area contributed by atoms with Crippen LogP contribution in [0.4, 0.5) is 0 Å². The first kappa shape index (κ1) is 26.4. The molecule has 0 amide bonds. The highest BCUT2D eigenvalue weighted by Crippen LogP contribution is 2.33. The van der Waals surface area contributed by atoms with Gasteiger partial charge in [-0.3, -0.25) is 4.90 Å². The van der Waals surface area contributed by atoms with Gasteiger partial charge in [0.05, 0.1) is 11.7 Å². The molecule has 4 heteroatoms. The van der Waals surface area contributed by atoms with Gasteiger partial charge in [-0.25, -0.2) is 4.98 Å². The van der Waals surface area contributed by atoms with Gasteiger partial charge in [0.25, 0.3) is 0 Å². The van der Waals surface area contributed by atoms with Gasteiger partial charge in [0.2, 0.25) is 0 Å². The van der Waals surface area contributed by atoms with Gasteiger partial charge in [0.1, 0.15) is 5.82 Å². The molecule has 1 saturated heterocycles. The Labute approximate surface area is 228 Å². The van der Waals surface area contributed by atoms with E-state index in [9.17, 15) is 0 Å². The van der Waals surface area contributed by atoms with Crippen molar-refractivity contribution in [2.45, 2.75) is 45.6 Å². The van der Waals surface area contributed by atoms with Gasteiger partial charge >= 0.3 is 0 Å². The number of piperazine rings is 1. The second-order valence-electron chi connectivity index (χ2n) is 11.0. The van der Waals surface area contributed by atoms with Gasteiger partial charge in [0, 0.05) is 43.4 Å². The van der Waals surface area contributed by atoms with Crippen molar-refractivity contribution in [3.63, 3.8) is 0 Å². The molecule has 0 aliphatic carbocycles. The summed E-state index contributed by atoms with van der Waals surface area (Å²) >= 11 is 0. The average Bonchev–Trinajstić information content (AvgIpc) is 3.34. The molecule has 4 nitrogen and oxygen atoms in total. The lowest BCUT2D eigenvalue weighted by molar-refractivity contribution is 0.0730. The van der Waals surface area contributed by atoms with Crippen LogP contribution in [0.5, 0.6) is 0 Å². The molecule has 38 heavy (non-hydrogen) atoms. The number of aryl methyl sites for hydroxylation is 1. The van der Waals surface area contributed by atoms with E-state index in [2.05, 4.69) is 127 Å². The zero-order valence-electron chi connectivity index (χ0n) is 23.2. The largest absolute Gasteiger partial charge is 0.342 e. The first-order valence-corrected chi connectivity index (χ1v) is 14.3. The summed E-state index contributed by atoms with van der Waals surface area (Å²) in [6.45, 7) is 12.4. The molecule has 1 aromatic heterocycles. The summed E-state index contributed by atoms with van der Waals surface area (Å²) < 4.78 is 0. The third-order valence-electron chi connectivity index (χ3n) is 8.05. The summed E-state index contributed by atoms with van der Waals surface area (Å²) in [6, 6.07) is 32.8. The maximum atomic E-state index is 5.11. The molecule has 0 bridgehead atoms. The molecule has 0 radical (unpaired) electrons.